The first kappa shape index (κ1) is 19.5. The average Bonchev–Trinajstić information content (AvgIpc) is 3.20. The van der Waals surface area contributed by atoms with E-state index in [0.717, 1.165) is 31.2 Å². The van der Waals surface area contributed by atoms with E-state index >= 15 is 0 Å². The molecule has 3 heterocycles. The van der Waals surface area contributed by atoms with Crippen LogP contribution in [0.15, 0.2) is 11.1 Å². The molecule has 2 bridgehead atoms. The summed E-state index contributed by atoms with van der Waals surface area (Å²) in [7, 11) is 1.83. The zero-order valence-electron chi connectivity index (χ0n) is 15.1. The molecule has 2 N–H and O–H groups in total. The molecule has 136 valence electrons. The average molecular weight is 447 g/mol. The third-order valence-corrected chi connectivity index (χ3v) is 4.86. The van der Waals surface area contributed by atoms with Gasteiger partial charge in [0, 0.05) is 25.8 Å². The largest absolute Gasteiger partial charge is 0.373 e. The van der Waals surface area contributed by atoms with Gasteiger partial charge in [0.1, 0.15) is 0 Å². The number of aryl methyl sites for hydroxylation is 2. The Balaban J connectivity index is 0.00000208. The molecule has 2 aliphatic rings. The number of hydrogen-bond donors (Lipinski definition) is 2. The highest BCUT2D eigenvalue weighted by Gasteiger charge is 2.41. The molecule has 2 fully saturated rings. The highest BCUT2D eigenvalue weighted by molar-refractivity contribution is 14.0. The molecule has 0 aliphatic carbocycles. The Morgan fingerprint density at radius 3 is 2.79 bits per heavy atom. The van der Waals surface area contributed by atoms with E-state index in [0.29, 0.717) is 24.2 Å². The Kier molecular flexibility index (Phi) is 6.91. The lowest BCUT2D eigenvalue weighted by Gasteiger charge is -2.23. The first-order valence-corrected chi connectivity index (χ1v) is 8.69. The van der Waals surface area contributed by atoms with Crippen LogP contribution in [-0.4, -0.2) is 47.6 Å². The van der Waals surface area contributed by atoms with Gasteiger partial charge in [0.05, 0.1) is 23.9 Å². The lowest BCUT2D eigenvalue weighted by atomic mass is 9.96. The maximum Gasteiger partial charge on any atom is 0.191 e. The van der Waals surface area contributed by atoms with Crippen LogP contribution in [-0.2, 0) is 11.3 Å². The minimum Gasteiger partial charge on any atom is -0.373 e. The summed E-state index contributed by atoms with van der Waals surface area (Å²) in [5.41, 5.74) is 2.30. The summed E-state index contributed by atoms with van der Waals surface area (Å²) in [6.07, 6.45) is 4.32. The van der Waals surface area contributed by atoms with Crippen molar-refractivity contribution in [3.05, 3.63) is 17.5 Å². The van der Waals surface area contributed by atoms with Crippen LogP contribution < -0.4 is 10.6 Å². The van der Waals surface area contributed by atoms with Crippen molar-refractivity contribution >= 4 is 29.9 Å². The number of rotatable bonds is 5. The smallest absolute Gasteiger partial charge is 0.191 e. The van der Waals surface area contributed by atoms with E-state index < -0.39 is 0 Å². The molecule has 7 heteroatoms. The van der Waals surface area contributed by atoms with Crippen molar-refractivity contribution < 1.29 is 4.74 Å². The zero-order valence-corrected chi connectivity index (χ0v) is 17.4. The number of hydrogen-bond acceptors (Lipinski definition) is 3. The molecule has 2 saturated heterocycles. The van der Waals surface area contributed by atoms with E-state index in [9.17, 15) is 0 Å². The van der Waals surface area contributed by atoms with Crippen LogP contribution in [0.4, 0.5) is 0 Å². The molecule has 2 aliphatic heterocycles. The monoisotopic (exact) mass is 447 g/mol. The van der Waals surface area contributed by atoms with Crippen molar-refractivity contribution in [2.75, 3.05) is 13.6 Å². The zero-order chi connectivity index (χ0) is 16.4. The van der Waals surface area contributed by atoms with Gasteiger partial charge in [-0.1, -0.05) is 6.92 Å². The van der Waals surface area contributed by atoms with E-state index in [1.807, 2.05) is 14.0 Å². The third kappa shape index (κ3) is 4.62. The van der Waals surface area contributed by atoms with E-state index in [4.69, 9.17) is 4.74 Å². The molecule has 4 unspecified atom stereocenters. The summed E-state index contributed by atoms with van der Waals surface area (Å²) in [5.74, 6) is 1.36. The van der Waals surface area contributed by atoms with Gasteiger partial charge in [0.15, 0.2) is 5.96 Å². The Morgan fingerprint density at radius 1 is 1.46 bits per heavy atom. The number of ether oxygens (including phenoxy) is 1. The van der Waals surface area contributed by atoms with Gasteiger partial charge in [0.2, 0.25) is 0 Å². The second kappa shape index (κ2) is 8.51. The summed E-state index contributed by atoms with van der Waals surface area (Å²) in [6.45, 7) is 8.17. The maximum absolute atomic E-state index is 5.89. The van der Waals surface area contributed by atoms with Crippen LogP contribution in [0.25, 0.3) is 0 Å². The van der Waals surface area contributed by atoms with Crippen molar-refractivity contribution in [2.45, 2.75) is 64.8 Å². The molecule has 1 aromatic heterocycles. The quantitative estimate of drug-likeness (QED) is 0.413. The fourth-order valence-corrected chi connectivity index (χ4v) is 3.65. The Labute approximate surface area is 161 Å². The van der Waals surface area contributed by atoms with Crippen LogP contribution in [0.3, 0.4) is 0 Å². The summed E-state index contributed by atoms with van der Waals surface area (Å²) in [4.78, 5) is 4.35. The molecular weight excluding hydrogens is 417 g/mol. The number of aromatic nitrogens is 2. The SMILES string of the molecule is CN=C(NCC(C)Cn1nc(C)cc1C)NC1CC2CCC1O2.I. The van der Waals surface area contributed by atoms with Crippen LogP contribution in [0.1, 0.15) is 37.6 Å². The van der Waals surface area contributed by atoms with Crippen LogP contribution >= 0.6 is 24.0 Å². The second-order valence-corrected chi connectivity index (χ2v) is 7.03. The predicted octanol–water partition coefficient (Wildman–Crippen LogP) is 2.24. The van der Waals surface area contributed by atoms with E-state index in [2.05, 4.69) is 45.3 Å². The van der Waals surface area contributed by atoms with Crippen molar-refractivity contribution in [3.8, 4) is 0 Å². The molecule has 4 atom stereocenters. The molecule has 0 amide bonds. The number of nitrogens with zero attached hydrogens (tertiary/aromatic N) is 3. The summed E-state index contributed by atoms with van der Waals surface area (Å²) in [5, 5.41) is 11.5. The van der Waals surface area contributed by atoms with Crippen molar-refractivity contribution in [1.29, 1.82) is 0 Å². The van der Waals surface area contributed by atoms with Gasteiger partial charge >= 0.3 is 0 Å². The molecule has 6 nitrogen and oxygen atoms in total. The number of fused-ring (bicyclic) bond motifs is 2. The number of halogens is 1. The van der Waals surface area contributed by atoms with Crippen molar-refractivity contribution in [2.24, 2.45) is 10.9 Å². The van der Waals surface area contributed by atoms with Gasteiger partial charge in [0.25, 0.3) is 0 Å². The van der Waals surface area contributed by atoms with Gasteiger partial charge in [-0.15, -0.1) is 24.0 Å². The van der Waals surface area contributed by atoms with Gasteiger partial charge < -0.3 is 15.4 Å². The first-order valence-electron chi connectivity index (χ1n) is 8.69. The molecule has 3 rings (SSSR count). The van der Waals surface area contributed by atoms with E-state index in [1.54, 1.807) is 0 Å². The number of guanidine groups is 1. The molecule has 0 saturated carbocycles. The van der Waals surface area contributed by atoms with Crippen LogP contribution in [0.5, 0.6) is 0 Å². The molecule has 0 radical (unpaired) electrons. The van der Waals surface area contributed by atoms with Gasteiger partial charge in [-0.05, 0) is 45.1 Å². The van der Waals surface area contributed by atoms with Crippen molar-refractivity contribution in [3.63, 3.8) is 0 Å². The van der Waals surface area contributed by atoms with Gasteiger partial charge in [-0.2, -0.15) is 5.10 Å². The normalized spacial score (nSPS) is 27.0. The Morgan fingerprint density at radius 2 is 2.25 bits per heavy atom. The number of aliphatic imine (C=N–C) groups is 1. The predicted molar refractivity (Wildman–Crippen MR) is 107 cm³/mol. The molecule has 0 aromatic carbocycles. The maximum atomic E-state index is 5.89. The number of nitrogens with one attached hydrogen (secondary N) is 2. The standard InChI is InChI=1S/C17H29N5O.HI/c1-11(10-22-13(3)7-12(2)21-22)9-19-17(18-4)20-15-8-14-5-6-16(15)23-14;/h7,11,14-16H,5-6,8-10H2,1-4H3,(H2,18,19,20);1H. The lowest BCUT2D eigenvalue weighted by molar-refractivity contribution is 0.0992. The Bertz CT molecular complexity index is 573. The van der Waals surface area contributed by atoms with Gasteiger partial charge in [-0.3, -0.25) is 9.67 Å². The summed E-state index contributed by atoms with van der Waals surface area (Å²) < 4.78 is 7.98. The minimum absolute atomic E-state index is 0. The Hall–Kier alpha value is -0.830. The molecular formula is C17H30IN5O. The summed E-state index contributed by atoms with van der Waals surface area (Å²) >= 11 is 0. The van der Waals surface area contributed by atoms with Crippen LogP contribution in [0.2, 0.25) is 0 Å². The third-order valence-electron chi connectivity index (χ3n) is 4.86. The van der Waals surface area contributed by atoms with E-state index in [1.165, 1.54) is 18.5 Å². The molecule has 24 heavy (non-hydrogen) atoms. The van der Waals surface area contributed by atoms with Crippen LogP contribution in [0, 0.1) is 19.8 Å². The van der Waals surface area contributed by atoms with E-state index in [-0.39, 0.29) is 24.0 Å². The highest BCUT2D eigenvalue weighted by Crippen LogP contribution is 2.34. The van der Waals surface area contributed by atoms with Crippen molar-refractivity contribution in [1.82, 2.24) is 20.4 Å². The highest BCUT2D eigenvalue weighted by atomic mass is 127. The molecule has 1 aromatic rings. The fraction of sp³-hybridized carbons (Fsp3) is 0.765. The topological polar surface area (TPSA) is 63.5 Å². The fourth-order valence-electron chi connectivity index (χ4n) is 3.65. The van der Waals surface area contributed by atoms with Gasteiger partial charge in [-0.25, -0.2) is 0 Å². The minimum atomic E-state index is 0. The second-order valence-electron chi connectivity index (χ2n) is 7.03. The summed E-state index contributed by atoms with van der Waals surface area (Å²) in [6, 6.07) is 2.53. The first-order chi connectivity index (χ1) is 11.0. The lowest BCUT2D eigenvalue weighted by Crippen LogP contribution is -2.48. The molecule has 0 spiro atoms.